The van der Waals surface area contributed by atoms with Crippen molar-refractivity contribution in [2.24, 2.45) is 5.73 Å². The number of amides is 1. The van der Waals surface area contributed by atoms with Crippen LogP contribution in [0.5, 0.6) is 0 Å². The van der Waals surface area contributed by atoms with Crippen molar-refractivity contribution in [1.29, 1.82) is 0 Å². The van der Waals surface area contributed by atoms with Gasteiger partial charge in [0.25, 0.3) is 5.91 Å². The molecule has 3 N–H and O–H groups in total. The second-order valence-corrected chi connectivity index (χ2v) is 3.59. The van der Waals surface area contributed by atoms with Crippen molar-refractivity contribution in [2.45, 2.75) is 6.92 Å². The molecule has 0 aliphatic carbocycles. The van der Waals surface area contributed by atoms with Crippen molar-refractivity contribution in [2.75, 3.05) is 0 Å². The first-order chi connectivity index (χ1) is 7.59. The van der Waals surface area contributed by atoms with Crippen LogP contribution < -0.4 is 5.73 Å². The number of aryl methyl sites for hydroxylation is 1. The van der Waals surface area contributed by atoms with Gasteiger partial charge in [0.15, 0.2) is 0 Å². The highest BCUT2D eigenvalue weighted by atomic mass is 19.1. The normalized spacial score (nSPS) is 10.4. The number of hydrogen-bond donors (Lipinski definition) is 2. The molecule has 82 valence electrons. The van der Waals surface area contributed by atoms with Crippen molar-refractivity contribution < 1.29 is 9.18 Å². The third-order valence-electron chi connectivity index (χ3n) is 2.47. The smallest absolute Gasteiger partial charge is 0.250 e. The Balaban J connectivity index is 2.59. The Labute approximate surface area is 92.1 Å². The van der Waals surface area contributed by atoms with E-state index in [1.54, 1.807) is 25.3 Å². The highest BCUT2D eigenvalue weighted by Gasteiger charge is 2.12. The Morgan fingerprint density at radius 2 is 2.12 bits per heavy atom. The van der Waals surface area contributed by atoms with E-state index in [2.05, 4.69) is 4.98 Å². The number of nitrogens with two attached hydrogens (primary N) is 1. The highest BCUT2D eigenvalue weighted by molar-refractivity contribution is 5.99. The molecule has 16 heavy (non-hydrogen) atoms. The van der Waals surface area contributed by atoms with Gasteiger partial charge in [-0.05, 0) is 36.8 Å². The molecule has 0 saturated heterocycles. The zero-order valence-electron chi connectivity index (χ0n) is 8.75. The zero-order chi connectivity index (χ0) is 11.7. The summed E-state index contributed by atoms with van der Waals surface area (Å²) in [6, 6.07) is 6.01. The molecule has 0 aliphatic rings. The molecule has 0 bridgehead atoms. The number of halogens is 1. The van der Waals surface area contributed by atoms with Crippen LogP contribution in [-0.4, -0.2) is 10.9 Å². The van der Waals surface area contributed by atoms with Crippen LogP contribution in [0.25, 0.3) is 11.3 Å². The summed E-state index contributed by atoms with van der Waals surface area (Å²) >= 11 is 0. The molecule has 1 aromatic carbocycles. The van der Waals surface area contributed by atoms with Crippen LogP contribution in [0, 0.1) is 12.7 Å². The van der Waals surface area contributed by atoms with Gasteiger partial charge in [0.1, 0.15) is 5.82 Å². The molecular formula is C12H11FN2O. The van der Waals surface area contributed by atoms with Gasteiger partial charge in [-0.3, -0.25) is 4.79 Å². The quantitative estimate of drug-likeness (QED) is 0.797. The van der Waals surface area contributed by atoms with E-state index in [0.717, 1.165) is 11.1 Å². The molecule has 0 radical (unpaired) electrons. The second-order valence-electron chi connectivity index (χ2n) is 3.59. The number of aromatic nitrogens is 1. The maximum absolute atomic E-state index is 12.9. The van der Waals surface area contributed by atoms with E-state index >= 15 is 0 Å². The van der Waals surface area contributed by atoms with Gasteiger partial charge in [-0.25, -0.2) is 4.39 Å². The van der Waals surface area contributed by atoms with Crippen LogP contribution in [0.15, 0.2) is 30.5 Å². The molecule has 2 aromatic rings. The Bertz CT molecular complexity index is 546. The second kappa shape index (κ2) is 3.81. The van der Waals surface area contributed by atoms with Gasteiger partial charge < -0.3 is 10.7 Å². The lowest BCUT2D eigenvalue weighted by Crippen LogP contribution is -2.11. The van der Waals surface area contributed by atoms with Crippen molar-refractivity contribution in [3.8, 4) is 11.3 Å². The minimum atomic E-state index is -0.500. The SMILES string of the molecule is Cc1cc(F)ccc1-c1[nH]ccc1C(N)=O. The molecule has 0 aliphatic heterocycles. The van der Waals surface area contributed by atoms with E-state index in [9.17, 15) is 9.18 Å². The minimum Gasteiger partial charge on any atom is -0.366 e. The zero-order valence-corrected chi connectivity index (χ0v) is 8.75. The van der Waals surface area contributed by atoms with Gasteiger partial charge in [0.05, 0.1) is 11.3 Å². The highest BCUT2D eigenvalue weighted by Crippen LogP contribution is 2.25. The van der Waals surface area contributed by atoms with Crippen LogP contribution in [0.4, 0.5) is 4.39 Å². The van der Waals surface area contributed by atoms with Crippen molar-refractivity contribution in [3.05, 3.63) is 47.4 Å². The number of carbonyl (C=O) groups is 1. The number of carbonyl (C=O) groups excluding carboxylic acids is 1. The summed E-state index contributed by atoms with van der Waals surface area (Å²) in [5.74, 6) is -0.798. The summed E-state index contributed by atoms with van der Waals surface area (Å²) in [7, 11) is 0. The van der Waals surface area contributed by atoms with Gasteiger partial charge in [0.2, 0.25) is 0 Å². The first-order valence-corrected chi connectivity index (χ1v) is 4.83. The summed E-state index contributed by atoms with van der Waals surface area (Å²) in [6.45, 7) is 1.78. The molecule has 0 saturated carbocycles. The van der Waals surface area contributed by atoms with Crippen molar-refractivity contribution in [1.82, 2.24) is 4.98 Å². The maximum atomic E-state index is 12.9. The van der Waals surface area contributed by atoms with Crippen molar-refractivity contribution >= 4 is 5.91 Å². The average Bonchev–Trinajstić information content (AvgIpc) is 2.66. The van der Waals surface area contributed by atoms with Crippen LogP contribution >= 0.6 is 0 Å². The molecule has 1 heterocycles. The Kier molecular flexibility index (Phi) is 2.48. The topological polar surface area (TPSA) is 58.9 Å². The van der Waals surface area contributed by atoms with Crippen LogP contribution in [0.2, 0.25) is 0 Å². The van der Waals surface area contributed by atoms with E-state index in [1.807, 2.05) is 0 Å². The van der Waals surface area contributed by atoms with Crippen LogP contribution in [-0.2, 0) is 0 Å². The fourth-order valence-electron chi connectivity index (χ4n) is 1.71. The van der Waals surface area contributed by atoms with E-state index in [-0.39, 0.29) is 5.82 Å². The molecule has 0 fully saturated rings. The lowest BCUT2D eigenvalue weighted by molar-refractivity contribution is 0.100. The van der Waals surface area contributed by atoms with Gasteiger partial charge in [-0.1, -0.05) is 0 Å². The number of H-pyrrole nitrogens is 1. The number of rotatable bonds is 2. The maximum Gasteiger partial charge on any atom is 0.250 e. The molecule has 1 amide bonds. The molecule has 0 unspecified atom stereocenters. The van der Waals surface area contributed by atoms with Gasteiger partial charge in [-0.2, -0.15) is 0 Å². The van der Waals surface area contributed by atoms with E-state index < -0.39 is 5.91 Å². The Morgan fingerprint density at radius 3 is 2.75 bits per heavy atom. The van der Waals surface area contributed by atoms with Gasteiger partial charge >= 0.3 is 0 Å². The molecular weight excluding hydrogens is 207 g/mol. The molecule has 4 heteroatoms. The number of primary amides is 1. The number of nitrogens with one attached hydrogen (secondary N) is 1. The fourth-order valence-corrected chi connectivity index (χ4v) is 1.71. The van der Waals surface area contributed by atoms with E-state index in [4.69, 9.17) is 5.73 Å². The van der Waals surface area contributed by atoms with E-state index in [0.29, 0.717) is 11.3 Å². The first kappa shape index (κ1) is 10.4. The molecule has 1 aromatic heterocycles. The lowest BCUT2D eigenvalue weighted by atomic mass is 10.0. The summed E-state index contributed by atoms with van der Waals surface area (Å²) in [4.78, 5) is 14.1. The summed E-state index contributed by atoms with van der Waals surface area (Å²) in [6.07, 6.45) is 1.64. The number of benzene rings is 1. The van der Waals surface area contributed by atoms with Gasteiger partial charge in [0, 0.05) is 11.8 Å². The predicted molar refractivity (Wildman–Crippen MR) is 59.4 cm³/mol. The van der Waals surface area contributed by atoms with Crippen LogP contribution in [0.1, 0.15) is 15.9 Å². The summed E-state index contributed by atoms with van der Waals surface area (Å²) in [5, 5.41) is 0. The monoisotopic (exact) mass is 218 g/mol. The fraction of sp³-hybridized carbons (Fsp3) is 0.0833. The summed E-state index contributed by atoms with van der Waals surface area (Å²) < 4.78 is 12.9. The molecule has 0 atom stereocenters. The minimum absolute atomic E-state index is 0.298. The lowest BCUT2D eigenvalue weighted by Gasteiger charge is -2.05. The average molecular weight is 218 g/mol. The standard InChI is InChI=1S/C12H11FN2O/c1-7-6-8(13)2-3-9(7)11-10(12(14)16)4-5-15-11/h2-6,15H,1H3,(H2,14,16). The predicted octanol–water partition coefficient (Wildman–Crippen LogP) is 2.23. The number of aromatic amines is 1. The number of hydrogen-bond acceptors (Lipinski definition) is 1. The Morgan fingerprint density at radius 1 is 1.38 bits per heavy atom. The van der Waals surface area contributed by atoms with Gasteiger partial charge in [-0.15, -0.1) is 0 Å². The molecule has 3 nitrogen and oxygen atoms in total. The first-order valence-electron chi connectivity index (χ1n) is 4.83. The molecule has 2 rings (SSSR count). The van der Waals surface area contributed by atoms with Crippen LogP contribution in [0.3, 0.4) is 0 Å². The third kappa shape index (κ3) is 1.69. The van der Waals surface area contributed by atoms with Crippen molar-refractivity contribution in [3.63, 3.8) is 0 Å². The summed E-state index contributed by atoms with van der Waals surface area (Å²) in [5.41, 5.74) is 7.82. The Hall–Kier alpha value is -2.10. The van der Waals surface area contributed by atoms with E-state index in [1.165, 1.54) is 12.1 Å². The third-order valence-corrected chi connectivity index (χ3v) is 2.47. The largest absolute Gasteiger partial charge is 0.366 e. The molecule has 0 spiro atoms.